The van der Waals surface area contributed by atoms with Gasteiger partial charge in [0.25, 0.3) is 0 Å². The molecule has 0 aromatic heterocycles. The van der Waals surface area contributed by atoms with E-state index in [0.29, 0.717) is 18.7 Å². The molecule has 0 bridgehead atoms. The van der Waals surface area contributed by atoms with Crippen molar-refractivity contribution >= 4 is 23.6 Å². The SMILES string of the molecule is CC[C@H](C(=O)NC1CCCCC1)N(Cc1ccc(C)cc1)C(=O)CSCc1cc(C)cc(C)c1. The molecular weight excluding hydrogens is 440 g/mol. The Morgan fingerprint density at radius 2 is 1.59 bits per heavy atom. The lowest BCUT2D eigenvalue weighted by atomic mass is 9.95. The average molecular weight is 481 g/mol. The van der Waals surface area contributed by atoms with E-state index in [1.165, 1.54) is 41.5 Å². The minimum absolute atomic E-state index is 0.00540. The van der Waals surface area contributed by atoms with Crippen molar-refractivity contribution in [3.63, 3.8) is 0 Å². The first-order valence-electron chi connectivity index (χ1n) is 12.7. The maximum Gasteiger partial charge on any atom is 0.243 e. The van der Waals surface area contributed by atoms with Gasteiger partial charge >= 0.3 is 0 Å². The topological polar surface area (TPSA) is 49.4 Å². The van der Waals surface area contributed by atoms with Gasteiger partial charge in [-0.3, -0.25) is 9.59 Å². The van der Waals surface area contributed by atoms with E-state index in [4.69, 9.17) is 0 Å². The number of amides is 2. The summed E-state index contributed by atoms with van der Waals surface area (Å²) in [6.45, 7) is 8.73. The second-order valence-electron chi connectivity index (χ2n) is 9.76. The molecule has 2 aromatic carbocycles. The Morgan fingerprint density at radius 1 is 0.941 bits per heavy atom. The van der Waals surface area contributed by atoms with Crippen molar-refractivity contribution in [2.75, 3.05) is 5.75 Å². The van der Waals surface area contributed by atoms with Crippen LogP contribution in [-0.4, -0.2) is 34.6 Å². The molecule has 34 heavy (non-hydrogen) atoms. The molecule has 2 aromatic rings. The van der Waals surface area contributed by atoms with Crippen LogP contribution in [0.15, 0.2) is 42.5 Å². The van der Waals surface area contributed by atoms with Gasteiger partial charge in [0.15, 0.2) is 0 Å². The quantitative estimate of drug-likeness (QED) is 0.447. The average Bonchev–Trinajstić information content (AvgIpc) is 2.80. The number of nitrogens with zero attached hydrogens (tertiary/aromatic N) is 1. The second-order valence-corrected chi connectivity index (χ2v) is 10.7. The number of hydrogen-bond acceptors (Lipinski definition) is 3. The summed E-state index contributed by atoms with van der Waals surface area (Å²) >= 11 is 1.63. The van der Waals surface area contributed by atoms with E-state index in [2.05, 4.69) is 68.6 Å². The number of benzene rings is 2. The zero-order valence-electron chi connectivity index (χ0n) is 21.2. The number of carbonyl (C=O) groups excluding carboxylic acids is 2. The van der Waals surface area contributed by atoms with Crippen LogP contribution >= 0.6 is 11.8 Å². The highest BCUT2D eigenvalue weighted by atomic mass is 32.2. The standard InChI is InChI=1S/C29H40N2O2S/c1-5-27(29(33)30-26-9-7-6-8-10-26)31(18-24-13-11-21(2)12-14-24)28(32)20-34-19-25-16-22(3)15-23(4)17-25/h11-17,26-27H,5-10,18-20H2,1-4H3,(H,30,33)/t27-/m1/s1. The van der Waals surface area contributed by atoms with Gasteiger partial charge in [0, 0.05) is 18.3 Å². The van der Waals surface area contributed by atoms with Crippen molar-refractivity contribution in [2.24, 2.45) is 0 Å². The first-order valence-corrected chi connectivity index (χ1v) is 13.8. The lowest BCUT2D eigenvalue weighted by Crippen LogP contribution is -2.52. The fourth-order valence-corrected chi connectivity index (χ4v) is 5.69. The van der Waals surface area contributed by atoms with Crippen molar-refractivity contribution in [2.45, 2.75) is 90.6 Å². The second kappa shape index (κ2) is 13.0. The normalized spacial score (nSPS) is 15.1. The van der Waals surface area contributed by atoms with Crippen LogP contribution in [0.4, 0.5) is 0 Å². The Kier molecular flexibility index (Phi) is 10.1. The molecule has 0 heterocycles. The predicted molar refractivity (Wildman–Crippen MR) is 143 cm³/mol. The molecule has 2 amide bonds. The minimum atomic E-state index is -0.447. The smallest absolute Gasteiger partial charge is 0.243 e. The zero-order valence-corrected chi connectivity index (χ0v) is 22.0. The molecule has 1 atom stereocenters. The third kappa shape index (κ3) is 7.90. The van der Waals surface area contributed by atoms with Gasteiger partial charge in [0.05, 0.1) is 5.75 Å². The molecule has 3 rings (SSSR count). The first kappa shape index (κ1) is 26.3. The van der Waals surface area contributed by atoms with Gasteiger partial charge in [-0.15, -0.1) is 11.8 Å². The Labute approximate surface area is 209 Å². The Balaban J connectivity index is 1.70. The van der Waals surface area contributed by atoms with Crippen molar-refractivity contribution in [1.82, 2.24) is 10.2 Å². The van der Waals surface area contributed by atoms with E-state index in [0.717, 1.165) is 24.2 Å². The summed E-state index contributed by atoms with van der Waals surface area (Å²) in [5.74, 6) is 1.18. The van der Waals surface area contributed by atoms with Crippen LogP contribution in [0.25, 0.3) is 0 Å². The molecule has 0 unspecified atom stereocenters. The number of carbonyl (C=O) groups is 2. The molecular formula is C29H40N2O2S. The number of thioether (sulfide) groups is 1. The summed E-state index contributed by atoms with van der Waals surface area (Å²) < 4.78 is 0. The first-order chi connectivity index (χ1) is 16.4. The molecule has 0 radical (unpaired) electrons. The fraction of sp³-hybridized carbons (Fsp3) is 0.517. The van der Waals surface area contributed by atoms with Crippen LogP contribution in [-0.2, 0) is 21.9 Å². The third-order valence-corrected chi connectivity index (χ3v) is 7.58. The zero-order chi connectivity index (χ0) is 24.5. The molecule has 1 saturated carbocycles. The van der Waals surface area contributed by atoms with Gasteiger partial charge in [-0.25, -0.2) is 0 Å². The lowest BCUT2D eigenvalue weighted by Gasteiger charge is -2.32. The summed E-state index contributed by atoms with van der Waals surface area (Å²) in [7, 11) is 0. The van der Waals surface area contributed by atoms with Gasteiger partial charge < -0.3 is 10.2 Å². The van der Waals surface area contributed by atoms with Gasteiger partial charge in [-0.1, -0.05) is 85.3 Å². The molecule has 1 N–H and O–H groups in total. The highest BCUT2D eigenvalue weighted by Gasteiger charge is 2.30. The number of hydrogen-bond donors (Lipinski definition) is 1. The molecule has 1 fully saturated rings. The van der Waals surface area contributed by atoms with E-state index < -0.39 is 6.04 Å². The van der Waals surface area contributed by atoms with E-state index in [9.17, 15) is 9.59 Å². The highest BCUT2D eigenvalue weighted by molar-refractivity contribution is 7.99. The third-order valence-electron chi connectivity index (χ3n) is 6.59. The maximum absolute atomic E-state index is 13.5. The lowest BCUT2D eigenvalue weighted by molar-refractivity contribution is -0.139. The Morgan fingerprint density at radius 3 is 2.21 bits per heavy atom. The van der Waals surface area contributed by atoms with Gasteiger partial charge in [0.1, 0.15) is 6.04 Å². The van der Waals surface area contributed by atoms with Crippen LogP contribution in [0.1, 0.15) is 73.3 Å². The van der Waals surface area contributed by atoms with Crippen LogP contribution in [0.3, 0.4) is 0 Å². The van der Waals surface area contributed by atoms with Crippen LogP contribution in [0.5, 0.6) is 0 Å². The monoisotopic (exact) mass is 480 g/mol. The van der Waals surface area contributed by atoms with Crippen LogP contribution in [0, 0.1) is 20.8 Å². The summed E-state index contributed by atoms with van der Waals surface area (Å²) in [6, 6.07) is 14.6. The summed E-state index contributed by atoms with van der Waals surface area (Å²) in [6.07, 6.45) is 6.28. The Hall–Kier alpha value is -2.27. The van der Waals surface area contributed by atoms with Crippen LogP contribution < -0.4 is 5.32 Å². The van der Waals surface area contributed by atoms with E-state index >= 15 is 0 Å². The molecule has 4 nitrogen and oxygen atoms in total. The van der Waals surface area contributed by atoms with E-state index in [-0.39, 0.29) is 17.9 Å². The number of rotatable bonds is 10. The fourth-order valence-electron chi connectivity index (χ4n) is 4.85. The number of aryl methyl sites for hydroxylation is 3. The van der Waals surface area contributed by atoms with Gasteiger partial charge in [-0.2, -0.15) is 0 Å². The largest absolute Gasteiger partial charge is 0.352 e. The molecule has 1 aliphatic rings. The predicted octanol–water partition coefficient (Wildman–Crippen LogP) is 6.10. The van der Waals surface area contributed by atoms with Gasteiger partial charge in [0.2, 0.25) is 11.8 Å². The maximum atomic E-state index is 13.5. The van der Waals surface area contributed by atoms with Gasteiger partial charge in [-0.05, 0) is 51.2 Å². The summed E-state index contributed by atoms with van der Waals surface area (Å²) in [4.78, 5) is 28.6. The summed E-state index contributed by atoms with van der Waals surface area (Å²) in [5, 5.41) is 3.25. The molecule has 184 valence electrons. The van der Waals surface area contributed by atoms with Crippen molar-refractivity contribution < 1.29 is 9.59 Å². The molecule has 1 aliphatic carbocycles. The molecule has 0 aliphatic heterocycles. The van der Waals surface area contributed by atoms with E-state index in [1.54, 1.807) is 16.7 Å². The van der Waals surface area contributed by atoms with Crippen molar-refractivity contribution in [3.05, 3.63) is 70.3 Å². The van der Waals surface area contributed by atoms with Crippen molar-refractivity contribution in [3.8, 4) is 0 Å². The van der Waals surface area contributed by atoms with Crippen molar-refractivity contribution in [1.29, 1.82) is 0 Å². The number of nitrogens with one attached hydrogen (secondary N) is 1. The molecule has 5 heteroatoms. The molecule has 0 saturated heterocycles. The minimum Gasteiger partial charge on any atom is -0.352 e. The van der Waals surface area contributed by atoms with Crippen LogP contribution in [0.2, 0.25) is 0 Å². The summed E-state index contributed by atoms with van der Waals surface area (Å²) in [5.41, 5.74) is 5.97. The Bertz CT molecular complexity index is 931. The van der Waals surface area contributed by atoms with E-state index in [1.807, 2.05) is 6.92 Å². The molecule has 0 spiro atoms. The highest BCUT2D eigenvalue weighted by Crippen LogP contribution is 2.21.